The van der Waals surface area contributed by atoms with Crippen LogP contribution in [0.5, 0.6) is 0 Å². The molecule has 1 aromatic carbocycles. The van der Waals surface area contributed by atoms with Crippen LogP contribution in [0.2, 0.25) is 0 Å². The van der Waals surface area contributed by atoms with E-state index < -0.39 is 0 Å². The van der Waals surface area contributed by atoms with Crippen molar-refractivity contribution < 1.29 is 4.39 Å². The second-order valence-corrected chi connectivity index (χ2v) is 5.11. The predicted octanol–water partition coefficient (Wildman–Crippen LogP) is 3.19. The summed E-state index contributed by atoms with van der Waals surface area (Å²) in [4.78, 5) is 4.36. The molecular weight excluding hydrogens is 235 g/mol. The summed E-state index contributed by atoms with van der Waals surface area (Å²) in [5.74, 6) is -0.145. The first kappa shape index (κ1) is 12.2. The largest absolute Gasteiger partial charge is 0.307 e. The van der Waals surface area contributed by atoms with Crippen molar-refractivity contribution in [3.8, 4) is 0 Å². The summed E-state index contributed by atoms with van der Waals surface area (Å²) < 4.78 is 13.3. The molecule has 0 atom stereocenters. The van der Waals surface area contributed by atoms with Gasteiger partial charge in [-0.1, -0.05) is 12.1 Å². The van der Waals surface area contributed by atoms with Gasteiger partial charge in [0, 0.05) is 18.5 Å². The van der Waals surface area contributed by atoms with E-state index in [0.717, 1.165) is 22.8 Å². The van der Waals surface area contributed by atoms with E-state index in [4.69, 9.17) is 0 Å². The molecule has 0 unspecified atom stereocenters. The fourth-order valence-electron chi connectivity index (χ4n) is 1.57. The molecular formula is C13H15FN2S. The van der Waals surface area contributed by atoms with Crippen molar-refractivity contribution in [3.05, 3.63) is 51.2 Å². The number of hydrogen-bond acceptors (Lipinski definition) is 3. The highest BCUT2D eigenvalue weighted by atomic mass is 32.1. The Bertz CT molecular complexity index is 508. The molecule has 2 rings (SSSR count). The van der Waals surface area contributed by atoms with E-state index in [2.05, 4.69) is 10.3 Å². The van der Waals surface area contributed by atoms with Crippen molar-refractivity contribution >= 4 is 11.3 Å². The minimum absolute atomic E-state index is 0.145. The highest BCUT2D eigenvalue weighted by Gasteiger charge is 2.00. The zero-order chi connectivity index (χ0) is 12.3. The van der Waals surface area contributed by atoms with Crippen LogP contribution in [-0.4, -0.2) is 4.98 Å². The number of aromatic nitrogens is 1. The molecule has 4 heteroatoms. The molecule has 0 spiro atoms. The lowest BCUT2D eigenvalue weighted by molar-refractivity contribution is 0.611. The SMILES string of the molecule is Cc1nc(CNCc2ccc(C)c(F)c2)cs1. The van der Waals surface area contributed by atoms with Gasteiger partial charge in [-0.05, 0) is 31.0 Å². The van der Waals surface area contributed by atoms with Crippen molar-refractivity contribution in [2.45, 2.75) is 26.9 Å². The smallest absolute Gasteiger partial charge is 0.126 e. The van der Waals surface area contributed by atoms with Crippen molar-refractivity contribution in [3.63, 3.8) is 0 Å². The van der Waals surface area contributed by atoms with Crippen LogP contribution >= 0.6 is 11.3 Å². The van der Waals surface area contributed by atoms with Crippen molar-refractivity contribution in [2.75, 3.05) is 0 Å². The van der Waals surface area contributed by atoms with Gasteiger partial charge in [0.2, 0.25) is 0 Å². The number of hydrogen-bond donors (Lipinski definition) is 1. The Hall–Kier alpha value is -1.26. The second-order valence-electron chi connectivity index (χ2n) is 4.04. The lowest BCUT2D eigenvalue weighted by Crippen LogP contribution is -2.13. The summed E-state index contributed by atoms with van der Waals surface area (Å²) in [6.45, 7) is 5.14. The van der Waals surface area contributed by atoms with E-state index in [9.17, 15) is 4.39 Å². The minimum Gasteiger partial charge on any atom is -0.307 e. The summed E-state index contributed by atoms with van der Waals surface area (Å²) in [6.07, 6.45) is 0. The highest BCUT2D eigenvalue weighted by molar-refractivity contribution is 7.09. The van der Waals surface area contributed by atoms with Gasteiger partial charge in [0.25, 0.3) is 0 Å². The summed E-state index contributed by atoms with van der Waals surface area (Å²) >= 11 is 1.64. The van der Waals surface area contributed by atoms with Gasteiger partial charge in [0.1, 0.15) is 5.82 Å². The molecule has 0 aliphatic carbocycles. The van der Waals surface area contributed by atoms with Gasteiger partial charge in [0.05, 0.1) is 10.7 Å². The Labute approximate surface area is 105 Å². The third-order valence-corrected chi connectivity index (χ3v) is 3.36. The fourth-order valence-corrected chi connectivity index (χ4v) is 2.18. The number of halogens is 1. The topological polar surface area (TPSA) is 24.9 Å². The molecule has 1 heterocycles. The van der Waals surface area contributed by atoms with Crippen LogP contribution in [0.25, 0.3) is 0 Å². The molecule has 0 saturated carbocycles. The average Bonchev–Trinajstić information content (AvgIpc) is 2.70. The molecule has 0 saturated heterocycles. The number of thiazole rings is 1. The first-order valence-corrected chi connectivity index (χ1v) is 6.40. The van der Waals surface area contributed by atoms with Crippen molar-refractivity contribution in [1.82, 2.24) is 10.3 Å². The Morgan fingerprint density at radius 2 is 2.12 bits per heavy atom. The van der Waals surface area contributed by atoms with E-state index in [1.165, 1.54) is 0 Å². The van der Waals surface area contributed by atoms with E-state index in [0.29, 0.717) is 12.1 Å². The Morgan fingerprint density at radius 3 is 2.76 bits per heavy atom. The Kier molecular flexibility index (Phi) is 3.86. The van der Waals surface area contributed by atoms with E-state index >= 15 is 0 Å². The van der Waals surface area contributed by atoms with Gasteiger partial charge in [-0.3, -0.25) is 0 Å². The number of nitrogens with one attached hydrogen (secondary N) is 1. The second kappa shape index (κ2) is 5.38. The summed E-state index contributed by atoms with van der Waals surface area (Å²) in [7, 11) is 0. The van der Waals surface area contributed by atoms with Crippen molar-refractivity contribution in [2.24, 2.45) is 0 Å². The van der Waals surface area contributed by atoms with Crippen LogP contribution in [0.3, 0.4) is 0 Å². The first-order chi connectivity index (χ1) is 8.15. The lowest BCUT2D eigenvalue weighted by atomic mass is 10.1. The molecule has 2 aromatic rings. The van der Waals surface area contributed by atoms with Crippen LogP contribution < -0.4 is 5.32 Å². The zero-order valence-electron chi connectivity index (χ0n) is 9.96. The van der Waals surface area contributed by atoms with Crippen LogP contribution in [0, 0.1) is 19.7 Å². The number of nitrogens with zero attached hydrogens (tertiary/aromatic N) is 1. The van der Waals surface area contributed by atoms with Crippen LogP contribution in [0.4, 0.5) is 4.39 Å². The fraction of sp³-hybridized carbons (Fsp3) is 0.308. The maximum Gasteiger partial charge on any atom is 0.126 e. The summed E-state index contributed by atoms with van der Waals surface area (Å²) in [6, 6.07) is 5.33. The third kappa shape index (κ3) is 3.35. The standard InChI is InChI=1S/C13H15FN2S/c1-9-3-4-11(5-13(9)14)6-15-7-12-8-17-10(2)16-12/h3-5,8,15H,6-7H2,1-2H3. The van der Waals surface area contributed by atoms with Crippen molar-refractivity contribution in [1.29, 1.82) is 0 Å². The molecule has 0 bridgehead atoms. The van der Waals surface area contributed by atoms with Gasteiger partial charge in [0.15, 0.2) is 0 Å². The normalized spacial score (nSPS) is 10.8. The molecule has 0 amide bonds. The maximum absolute atomic E-state index is 13.3. The number of benzene rings is 1. The van der Waals surface area contributed by atoms with Crippen LogP contribution in [-0.2, 0) is 13.1 Å². The van der Waals surface area contributed by atoms with E-state index in [-0.39, 0.29) is 5.82 Å². The van der Waals surface area contributed by atoms with Crippen LogP contribution in [0.1, 0.15) is 21.8 Å². The lowest BCUT2D eigenvalue weighted by Gasteiger charge is -2.04. The quantitative estimate of drug-likeness (QED) is 0.901. The molecule has 0 aliphatic heterocycles. The minimum atomic E-state index is -0.145. The molecule has 2 nitrogen and oxygen atoms in total. The number of aryl methyl sites for hydroxylation is 2. The molecule has 0 radical (unpaired) electrons. The highest BCUT2D eigenvalue weighted by Crippen LogP contribution is 2.10. The Balaban J connectivity index is 1.87. The average molecular weight is 250 g/mol. The van der Waals surface area contributed by atoms with Gasteiger partial charge in [-0.15, -0.1) is 11.3 Å². The molecule has 1 aromatic heterocycles. The molecule has 0 fully saturated rings. The Morgan fingerprint density at radius 1 is 1.29 bits per heavy atom. The maximum atomic E-state index is 13.3. The predicted molar refractivity (Wildman–Crippen MR) is 68.5 cm³/mol. The van der Waals surface area contributed by atoms with Gasteiger partial charge in [-0.25, -0.2) is 9.37 Å². The zero-order valence-corrected chi connectivity index (χ0v) is 10.8. The number of rotatable bonds is 4. The summed E-state index contributed by atoms with van der Waals surface area (Å²) in [5.41, 5.74) is 2.68. The van der Waals surface area contributed by atoms with E-state index in [1.807, 2.05) is 18.4 Å². The van der Waals surface area contributed by atoms with Gasteiger partial charge < -0.3 is 5.32 Å². The summed E-state index contributed by atoms with van der Waals surface area (Å²) in [5, 5.41) is 6.37. The molecule has 0 aliphatic rings. The van der Waals surface area contributed by atoms with Gasteiger partial charge >= 0.3 is 0 Å². The van der Waals surface area contributed by atoms with Gasteiger partial charge in [-0.2, -0.15) is 0 Å². The molecule has 17 heavy (non-hydrogen) atoms. The monoisotopic (exact) mass is 250 g/mol. The first-order valence-electron chi connectivity index (χ1n) is 5.52. The third-order valence-electron chi connectivity index (χ3n) is 2.54. The van der Waals surface area contributed by atoms with E-state index in [1.54, 1.807) is 30.4 Å². The van der Waals surface area contributed by atoms with Crippen LogP contribution in [0.15, 0.2) is 23.6 Å². The molecule has 90 valence electrons. The molecule has 1 N–H and O–H groups in total.